The molecule has 0 saturated heterocycles. The number of fused-ring (bicyclic) bond motifs is 1. The maximum absolute atomic E-state index is 8.79. The summed E-state index contributed by atoms with van der Waals surface area (Å²) in [6, 6.07) is 7.74. The van der Waals surface area contributed by atoms with Gasteiger partial charge in [0.05, 0.1) is 10.5 Å². The molecule has 64 valence electrons. The molecule has 2 nitrogen and oxygen atoms in total. The molecule has 0 aliphatic heterocycles. The minimum Gasteiger partial charge on any atom is -0.345 e. The first kappa shape index (κ1) is 8.15. The first-order valence-electron chi connectivity index (χ1n) is 3.91. The first-order chi connectivity index (χ1) is 6.24. The third-order valence-corrected chi connectivity index (χ3v) is 2.47. The zero-order valence-electron chi connectivity index (χ0n) is 7.06. The number of aromatic nitrogens is 1. The molecule has 1 aromatic carbocycles. The van der Waals surface area contributed by atoms with Gasteiger partial charge in [-0.2, -0.15) is 5.26 Å². The van der Waals surface area contributed by atoms with Gasteiger partial charge in [-0.3, -0.25) is 0 Å². The molecule has 0 bridgehead atoms. The Kier molecular flexibility index (Phi) is 1.75. The Morgan fingerprint density at radius 2 is 2.23 bits per heavy atom. The summed E-state index contributed by atoms with van der Waals surface area (Å²) in [7, 11) is 0. The van der Waals surface area contributed by atoms with Gasteiger partial charge in [-0.25, -0.2) is 0 Å². The van der Waals surface area contributed by atoms with Crippen LogP contribution >= 0.6 is 11.6 Å². The van der Waals surface area contributed by atoms with Crippen LogP contribution in [0.25, 0.3) is 10.9 Å². The Labute approximate surface area is 80.7 Å². The average molecular weight is 191 g/mol. The molecule has 1 aromatic heterocycles. The van der Waals surface area contributed by atoms with Crippen molar-refractivity contribution in [2.75, 3.05) is 0 Å². The van der Waals surface area contributed by atoms with Gasteiger partial charge in [0.15, 0.2) is 0 Å². The van der Waals surface area contributed by atoms with Gasteiger partial charge in [0.25, 0.3) is 0 Å². The smallest absolute Gasteiger partial charge is 0.121 e. The van der Waals surface area contributed by atoms with E-state index in [2.05, 4.69) is 11.1 Å². The van der Waals surface area contributed by atoms with Gasteiger partial charge in [-0.1, -0.05) is 23.7 Å². The molecule has 0 aliphatic rings. The van der Waals surface area contributed by atoms with E-state index in [0.29, 0.717) is 10.7 Å². The minimum atomic E-state index is 0.586. The third-order valence-electron chi connectivity index (χ3n) is 2.15. The zero-order valence-corrected chi connectivity index (χ0v) is 7.81. The van der Waals surface area contributed by atoms with Crippen LogP contribution in [-0.4, -0.2) is 4.98 Å². The second kappa shape index (κ2) is 2.79. The number of hydrogen-bond donors (Lipinski definition) is 1. The maximum Gasteiger partial charge on any atom is 0.121 e. The lowest BCUT2D eigenvalue weighted by atomic mass is 10.1. The average Bonchev–Trinajstić information content (AvgIpc) is 2.45. The van der Waals surface area contributed by atoms with E-state index in [1.807, 2.05) is 19.1 Å². The maximum atomic E-state index is 8.79. The van der Waals surface area contributed by atoms with Gasteiger partial charge < -0.3 is 4.98 Å². The summed E-state index contributed by atoms with van der Waals surface area (Å²) >= 11 is 5.96. The van der Waals surface area contributed by atoms with Crippen molar-refractivity contribution in [1.82, 2.24) is 4.98 Å². The van der Waals surface area contributed by atoms with Gasteiger partial charge in [0.2, 0.25) is 0 Å². The van der Waals surface area contributed by atoms with E-state index < -0.39 is 0 Å². The van der Waals surface area contributed by atoms with Crippen molar-refractivity contribution in [2.24, 2.45) is 0 Å². The van der Waals surface area contributed by atoms with Gasteiger partial charge >= 0.3 is 0 Å². The molecular formula is C10H7ClN2. The highest BCUT2D eigenvalue weighted by Gasteiger charge is 2.08. The predicted molar refractivity (Wildman–Crippen MR) is 52.8 cm³/mol. The largest absolute Gasteiger partial charge is 0.345 e. The number of nitrogens with zero attached hydrogens (tertiary/aromatic N) is 1. The second-order valence-electron chi connectivity index (χ2n) is 2.90. The van der Waals surface area contributed by atoms with Crippen LogP contribution in [0.4, 0.5) is 0 Å². The topological polar surface area (TPSA) is 39.6 Å². The molecule has 2 rings (SSSR count). The van der Waals surface area contributed by atoms with Gasteiger partial charge in [-0.05, 0) is 18.6 Å². The summed E-state index contributed by atoms with van der Waals surface area (Å²) in [4.78, 5) is 2.99. The molecule has 1 heterocycles. The molecule has 0 amide bonds. The molecule has 0 fully saturated rings. The normalized spacial score (nSPS) is 10.2. The van der Waals surface area contributed by atoms with Crippen LogP contribution in [0.5, 0.6) is 0 Å². The van der Waals surface area contributed by atoms with Crippen molar-refractivity contribution in [3.8, 4) is 6.07 Å². The first-order valence-corrected chi connectivity index (χ1v) is 4.28. The molecule has 0 radical (unpaired) electrons. The number of aromatic amines is 1. The van der Waals surface area contributed by atoms with Crippen LogP contribution in [0, 0.1) is 18.3 Å². The monoisotopic (exact) mass is 190 g/mol. The number of rotatable bonds is 0. The van der Waals surface area contributed by atoms with Gasteiger partial charge in [0.1, 0.15) is 11.8 Å². The number of halogens is 1. The number of H-pyrrole nitrogens is 1. The van der Waals surface area contributed by atoms with Crippen molar-refractivity contribution < 1.29 is 0 Å². The molecule has 0 atom stereocenters. The van der Waals surface area contributed by atoms with E-state index in [4.69, 9.17) is 16.9 Å². The van der Waals surface area contributed by atoms with Crippen LogP contribution in [0.3, 0.4) is 0 Å². The predicted octanol–water partition coefficient (Wildman–Crippen LogP) is 3.00. The van der Waals surface area contributed by atoms with Gasteiger partial charge in [0, 0.05) is 5.39 Å². The van der Waals surface area contributed by atoms with E-state index in [-0.39, 0.29) is 0 Å². The fraction of sp³-hybridized carbons (Fsp3) is 0.100. The molecule has 2 aromatic rings. The van der Waals surface area contributed by atoms with Crippen LogP contribution in [-0.2, 0) is 0 Å². The van der Waals surface area contributed by atoms with Crippen molar-refractivity contribution in [2.45, 2.75) is 6.92 Å². The second-order valence-corrected chi connectivity index (χ2v) is 3.31. The number of hydrogen-bond acceptors (Lipinski definition) is 1. The summed E-state index contributed by atoms with van der Waals surface area (Å²) in [6.07, 6.45) is 0. The standard InChI is InChI=1S/C10H7ClN2/c1-6-7-3-2-4-8(11)10(7)13-9(6)5-12/h2-4,13H,1H3. The Morgan fingerprint density at radius 3 is 2.85 bits per heavy atom. The van der Waals surface area contributed by atoms with Crippen LogP contribution in [0.2, 0.25) is 5.02 Å². The highest BCUT2D eigenvalue weighted by molar-refractivity contribution is 6.35. The molecule has 3 heteroatoms. The third kappa shape index (κ3) is 1.09. The van der Waals surface area contributed by atoms with Crippen molar-refractivity contribution >= 4 is 22.5 Å². The van der Waals surface area contributed by atoms with Crippen molar-refractivity contribution in [3.63, 3.8) is 0 Å². The molecule has 0 spiro atoms. The summed E-state index contributed by atoms with van der Waals surface area (Å²) in [5.74, 6) is 0. The Hall–Kier alpha value is -1.46. The van der Waals surface area contributed by atoms with E-state index in [1.54, 1.807) is 6.07 Å². The number of para-hydroxylation sites is 1. The summed E-state index contributed by atoms with van der Waals surface area (Å²) in [6.45, 7) is 1.91. The van der Waals surface area contributed by atoms with Crippen molar-refractivity contribution in [1.29, 1.82) is 5.26 Å². The number of nitrogens with one attached hydrogen (secondary N) is 1. The van der Waals surface area contributed by atoms with Gasteiger partial charge in [-0.15, -0.1) is 0 Å². The zero-order chi connectivity index (χ0) is 9.42. The van der Waals surface area contributed by atoms with Crippen LogP contribution in [0.15, 0.2) is 18.2 Å². The molecule has 0 aliphatic carbocycles. The lowest BCUT2D eigenvalue weighted by Crippen LogP contribution is -1.74. The number of benzene rings is 1. The summed E-state index contributed by atoms with van der Waals surface area (Å²) < 4.78 is 0. The lowest BCUT2D eigenvalue weighted by Gasteiger charge is -1.92. The highest BCUT2D eigenvalue weighted by atomic mass is 35.5. The lowest BCUT2D eigenvalue weighted by molar-refractivity contribution is 1.33. The van der Waals surface area contributed by atoms with E-state index in [9.17, 15) is 0 Å². The number of aryl methyl sites for hydroxylation is 1. The summed E-state index contributed by atoms with van der Waals surface area (Å²) in [5.41, 5.74) is 2.39. The van der Waals surface area contributed by atoms with Crippen LogP contribution < -0.4 is 0 Å². The van der Waals surface area contributed by atoms with Crippen LogP contribution in [0.1, 0.15) is 11.3 Å². The SMILES string of the molecule is Cc1c(C#N)[nH]c2c(Cl)cccc12. The fourth-order valence-electron chi connectivity index (χ4n) is 1.43. The molecule has 13 heavy (non-hydrogen) atoms. The van der Waals surface area contributed by atoms with Crippen molar-refractivity contribution in [3.05, 3.63) is 34.5 Å². The molecular weight excluding hydrogens is 184 g/mol. The number of nitriles is 1. The fourth-order valence-corrected chi connectivity index (χ4v) is 1.65. The highest BCUT2D eigenvalue weighted by Crippen LogP contribution is 2.26. The Bertz CT molecular complexity index is 505. The van der Waals surface area contributed by atoms with E-state index >= 15 is 0 Å². The Balaban J connectivity index is 2.94. The van der Waals surface area contributed by atoms with E-state index in [1.165, 1.54) is 0 Å². The summed E-state index contributed by atoms with van der Waals surface area (Å²) in [5, 5.41) is 10.5. The minimum absolute atomic E-state index is 0.586. The van der Waals surface area contributed by atoms with E-state index in [0.717, 1.165) is 16.5 Å². The molecule has 0 saturated carbocycles. The molecule has 0 unspecified atom stereocenters. The Morgan fingerprint density at radius 1 is 1.46 bits per heavy atom. The quantitative estimate of drug-likeness (QED) is 0.682. The molecule has 1 N–H and O–H groups in total.